The number of carboxylic acid groups (broad SMARTS) is 1. The Morgan fingerprint density at radius 2 is 1.62 bits per heavy atom. The summed E-state index contributed by atoms with van der Waals surface area (Å²) in [6.45, 7) is 1.25. The SMILES string of the molecule is CC(=O)CCC(NC(=O)c1cc([N+](=O)[O-])cc([N+](=O)[O-])c1)C(=O)O. The summed E-state index contributed by atoms with van der Waals surface area (Å²) in [5, 5.41) is 32.7. The third kappa shape index (κ3) is 5.12. The van der Waals surface area contributed by atoms with Crippen LogP contribution in [-0.2, 0) is 9.59 Å². The number of hydrogen-bond donors (Lipinski definition) is 2. The first-order valence-corrected chi connectivity index (χ1v) is 6.58. The maximum Gasteiger partial charge on any atom is 0.326 e. The number of amides is 1. The van der Waals surface area contributed by atoms with E-state index in [0.29, 0.717) is 6.07 Å². The van der Waals surface area contributed by atoms with Crippen molar-refractivity contribution in [1.82, 2.24) is 5.32 Å². The van der Waals surface area contributed by atoms with E-state index in [2.05, 4.69) is 5.32 Å². The number of aliphatic carboxylic acids is 1. The van der Waals surface area contributed by atoms with E-state index in [-0.39, 0.29) is 18.6 Å². The topological polar surface area (TPSA) is 170 Å². The van der Waals surface area contributed by atoms with Crippen LogP contribution in [-0.4, -0.2) is 38.7 Å². The summed E-state index contributed by atoms with van der Waals surface area (Å²) in [6, 6.07) is 0.874. The van der Waals surface area contributed by atoms with Crippen molar-refractivity contribution in [1.29, 1.82) is 0 Å². The average molecular weight is 339 g/mol. The van der Waals surface area contributed by atoms with Crippen molar-refractivity contribution in [3.05, 3.63) is 44.0 Å². The molecule has 0 aliphatic carbocycles. The number of ketones is 1. The van der Waals surface area contributed by atoms with Gasteiger partial charge in [0, 0.05) is 18.6 Å². The lowest BCUT2D eigenvalue weighted by Crippen LogP contribution is -2.41. The molecule has 1 amide bonds. The van der Waals surface area contributed by atoms with Gasteiger partial charge in [-0.25, -0.2) is 4.79 Å². The molecule has 24 heavy (non-hydrogen) atoms. The summed E-state index contributed by atoms with van der Waals surface area (Å²) >= 11 is 0. The fourth-order valence-corrected chi connectivity index (χ4v) is 1.78. The Morgan fingerprint density at radius 3 is 2.00 bits per heavy atom. The zero-order chi connectivity index (χ0) is 18.4. The molecule has 0 saturated carbocycles. The van der Waals surface area contributed by atoms with Gasteiger partial charge in [-0.3, -0.25) is 25.0 Å². The van der Waals surface area contributed by atoms with E-state index in [4.69, 9.17) is 5.11 Å². The maximum atomic E-state index is 12.0. The number of nitro benzene ring substituents is 2. The molecule has 0 aliphatic heterocycles. The fraction of sp³-hybridized carbons (Fsp3) is 0.308. The largest absolute Gasteiger partial charge is 0.480 e. The zero-order valence-corrected chi connectivity index (χ0v) is 12.4. The highest BCUT2D eigenvalue weighted by molar-refractivity contribution is 5.97. The molecular weight excluding hydrogens is 326 g/mol. The van der Waals surface area contributed by atoms with Gasteiger partial charge in [0.25, 0.3) is 17.3 Å². The predicted octanol–water partition coefficient (Wildman–Crippen LogP) is 1.06. The van der Waals surface area contributed by atoms with Crippen LogP contribution in [0.4, 0.5) is 11.4 Å². The quantitative estimate of drug-likeness (QED) is 0.522. The molecule has 11 heteroatoms. The number of non-ortho nitro benzene ring substituents is 2. The second kappa shape index (κ2) is 7.76. The van der Waals surface area contributed by atoms with Crippen LogP contribution < -0.4 is 5.32 Å². The molecule has 1 aromatic rings. The molecule has 0 aromatic heterocycles. The summed E-state index contributed by atoms with van der Waals surface area (Å²) in [4.78, 5) is 53.8. The van der Waals surface area contributed by atoms with Crippen molar-refractivity contribution < 1.29 is 29.3 Å². The average Bonchev–Trinajstić information content (AvgIpc) is 2.49. The van der Waals surface area contributed by atoms with E-state index < -0.39 is 44.7 Å². The molecule has 1 unspecified atom stereocenters. The third-order valence-corrected chi connectivity index (χ3v) is 2.97. The summed E-state index contributed by atoms with van der Waals surface area (Å²) in [7, 11) is 0. The molecule has 1 atom stereocenters. The van der Waals surface area contributed by atoms with E-state index in [1.165, 1.54) is 6.92 Å². The molecule has 0 bridgehead atoms. The Bertz CT molecular complexity index is 683. The van der Waals surface area contributed by atoms with Crippen LogP contribution in [0.1, 0.15) is 30.1 Å². The van der Waals surface area contributed by atoms with E-state index in [0.717, 1.165) is 12.1 Å². The Labute approximate surface area is 134 Å². The van der Waals surface area contributed by atoms with Crippen molar-refractivity contribution in [3.8, 4) is 0 Å². The van der Waals surface area contributed by atoms with Gasteiger partial charge in [-0.15, -0.1) is 0 Å². The first kappa shape index (κ1) is 18.7. The molecular formula is C13H13N3O8. The molecule has 2 N–H and O–H groups in total. The van der Waals surface area contributed by atoms with Crippen molar-refractivity contribution >= 4 is 29.0 Å². The van der Waals surface area contributed by atoms with Crippen LogP contribution in [0.3, 0.4) is 0 Å². The monoisotopic (exact) mass is 339 g/mol. The molecule has 0 heterocycles. The minimum absolute atomic E-state index is 0.0909. The second-order valence-electron chi connectivity index (χ2n) is 4.86. The van der Waals surface area contributed by atoms with Crippen molar-refractivity contribution in [2.45, 2.75) is 25.8 Å². The van der Waals surface area contributed by atoms with Crippen molar-refractivity contribution in [3.63, 3.8) is 0 Å². The Kier molecular flexibility index (Phi) is 6.04. The van der Waals surface area contributed by atoms with Crippen LogP contribution in [0.5, 0.6) is 0 Å². The van der Waals surface area contributed by atoms with Crippen molar-refractivity contribution in [2.24, 2.45) is 0 Å². The van der Waals surface area contributed by atoms with E-state index in [1.54, 1.807) is 0 Å². The first-order valence-electron chi connectivity index (χ1n) is 6.58. The van der Waals surface area contributed by atoms with Gasteiger partial charge in [0.1, 0.15) is 11.8 Å². The lowest BCUT2D eigenvalue weighted by atomic mass is 10.1. The number of carbonyl (C=O) groups excluding carboxylic acids is 2. The normalized spacial score (nSPS) is 11.4. The Balaban J connectivity index is 3.08. The number of nitrogens with one attached hydrogen (secondary N) is 1. The highest BCUT2D eigenvalue weighted by atomic mass is 16.6. The highest BCUT2D eigenvalue weighted by Crippen LogP contribution is 2.22. The smallest absolute Gasteiger partial charge is 0.326 e. The molecule has 0 saturated heterocycles. The number of nitro groups is 2. The number of carboxylic acids is 1. The maximum absolute atomic E-state index is 12.0. The number of Topliss-reactive ketones (excluding diaryl/α,β-unsaturated/α-hetero) is 1. The molecule has 0 spiro atoms. The predicted molar refractivity (Wildman–Crippen MR) is 78.6 cm³/mol. The molecule has 0 radical (unpaired) electrons. The van der Waals surface area contributed by atoms with Gasteiger partial charge in [0.05, 0.1) is 21.5 Å². The van der Waals surface area contributed by atoms with Gasteiger partial charge in [-0.1, -0.05) is 0 Å². The van der Waals surface area contributed by atoms with Gasteiger partial charge in [-0.05, 0) is 13.3 Å². The van der Waals surface area contributed by atoms with Gasteiger partial charge < -0.3 is 15.2 Å². The van der Waals surface area contributed by atoms with Crippen LogP contribution in [0.2, 0.25) is 0 Å². The zero-order valence-electron chi connectivity index (χ0n) is 12.4. The van der Waals surface area contributed by atoms with Gasteiger partial charge in [0.15, 0.2) is 0 Å². The van der Waals surface area contributed by atoms with Gasteiger partial charge in [0.2, 0.25) is 0 Å². The Morgan fingerprint density at radius 1 is 1.12 bits per heavy atom. The van der Waals surface area contributed by atoms with Gasteiger partial charge in [-0.2, -0.15) is 0 Å². The number of rotatable bonds is 8. The lowest BCUT2D eigenvalue weighted by molar-refractivity contribution is -0.394. The number of nitrogens with zero attached hydrogens (tertiary/aromatic N) is 2. The first-order chi connectivity index (χ1) is 11.1. The van der Waals surface area contributed by atoms with Gasteiger partial charge >= 0.3 is 5.97 Å². The molecule has 0 fully saturated rings. The summed E-state index contributed by atoms with van der Waals surface area (Å²) in [5.41, 5.74) is -1.78. The van der Waals surface area contributed by atoms with Crippen LogP contribution in [0, 0.1) is 20.2 Å². The third-order valence-electron chi connectivity index (χ3n) is 2.97. The number of carbonyl (C=O) groups is 3. The second-order valence-corrected chi connectivity index (χ2v) is 4.86. The molecule has 1 rings (SSSR count). The van der Waals surface area contributed by atoms with Crippen molar-refractivity contribution in [2.75, 3.05) is 0 Å². The summed E-state index contributed by atoms with van der Waals surface area (Å²) < 4.78 is 0. The minimum Gasteiger partial charge on any atom is -0.480 e. The molecule has 128 valence electrons. The number of hydrogen-bond acceptors (Lipinski definition) is 7. The molecule has 0 aliphatic rings. The van der Waals surface area contributed by atoms with Crippen LogP contribution in [0.25, 0.3) is 0 Å². The molecule has 1 aromatic carbocycles. The van der Waals surface area contributed by atoms with Crippen LogP contribution in [0.15, 0.2) is 18.2 Å². The fourth-order valence-electron chi connectivity index (χ4n) is 1.78. The summed E-state index contributed by atoms with van der Waals surface area (Å²) in [6.07, 6.45) is -0.264. The van der Waals surface area contributed by atoms with E-state index in [9.17, 15) is 34.6 Å². The summed E-state index contributed by atoms with van der Waals surface area (Å²) in [5.74, 6) is -2.70. The minimum atomic E-state index is -1.40. The molecule has 11 nitrogen and oxygen atoms in total. The highest BCUT2D eigenvalue weighted by Gasteiger charge is 2.24. The van der Waals surface area contributed by atoms with E-state index >= 15 is 0 Å². The Hall–Kier alpha value is -3.37. The standard InChI is InChI=1S/C13H13N3O8/c1-7(17)2-3-11(13(19)20)14-12(18)8-4-9(15(21)22)6-10(5-8)16(23)24/h4-6,11H,2-3H2,1H3,(H,14,18)(H,19,20). The van der Waals surface area contributed by atoms with Crippen LogP contribution >= 0.6 is 0 Å². The van der Waals surface area contributed by atoms with E-state index in [1.807, 2.05) is 0 Å². The number of benzene rings is 1. The lowest BCUT2D eigenvalue weighted by Gasteiger charge is -2.13.